The first kappa shape index (κ1) is 16.4. The van der Waals surface area contributed by atoms with Gasteiger partial charge in [0.1, 0.15) is 21.7 Å². The number of carboxylic acid groups (broad SMARTS) is 1. The minimum Gasteiger partial charge on any atom is -0.497 e. The number of carbonyl (C=O) groups is 2. The molecular formula is C16H16N2O5S. The van der Waals surface area contributed by atoms with Gasteiger partial charge in [0.25, 0.3) is 5.91 Å². The molecule has 24 heavy (non-hydrogen) atoms. The van der Waals surface area contributed by atoms with Crippen molar-refractivity contribution in [2.24, 2.45) is 0 Å². The number of nitrogens with zero attached hydrogens (tertiary/aromatic N) is 1. The zero-order valence-corrected chi connectivity index (χ0v) is 13.8. The van der Waals surface area contributed by atoms with Gasteiger partial charge < -0.3 is 19.9 Å². The third-order valence-electron chi connectivity index (χ3n) is 3.66. The molecule has 0 bridgehead atoms. The Balaban J connectivity index is 1.78. The Morgan fingerprint density at radius 3 is 2.96 bits per heavy atom. The van der Waals surface area contributed by atoms with Crippen LogP contribution in [0.4, 0.5) is 5.69 Å². The number of aromatic nitrogens is 1. The van der Waals surface area contributed by atoms with E-state index >= 15 is 0 Å². The van der Waals surface area contributed by atoms with Crippen LogP contribution in [-0.4, -0.2) is 35.7 Å². The number of anilines is 1. The molecular weight excluding hydrogens is 332 g/mol. The van der Waals surface area contributed by atoms with Crippen LogP contribution in [0.2, 0.25) is 0 Å². The summed E-state index contributed by atoms with van der Waals surface area (Å²) < 4.78 is 10.6. The van der Waals surface area contributed by atoms with Gasteiger partial charge in [-0.25, -0.2) is 9.78 Å². The number of carboxylic acids is 1. The average Bonchev–Trinajstić information content (AvgIpc) is 3.26. The number of rotatable bonds is 5. The van der Waals surface area contributed by atoms with E-state index in [0.29, 0.717) is 17.2 Å². The van der Waals surface area contributed by atoms with Crippen molar-refractivity contribution in [3.8, 4) is 5.75 Å². The van der Waals surface area contributed by atoms with E-state index in [-0.39, 0.29) is 17.4 Å². The molecule has 2 N–H and O–H groups in total. The van der Waals surface area contributed by atoms with Crippen molar-refractivity contribution in [1.82, 2.24) is 4.98 Å². The molecule has 1 aliphatic heterocycles. The lowest BCUT2D eigenvalue weighted by atomic mass is 10.1. The van der Waals surface area contributed by atoms with Gasteiger partial charge in [-0.15, -0.1) is 11.3 Å². The van der Waals surface area contributed by atoms with Gasteiger partial charge in [0, 0.05) is 6.61 Å². The van der Waals surface area contributed by atoms with Crippen molar-refractivity contribution in [1.29, 1.82) is 0 Å². The Bertz CT molecular complexity index is 768. The second kappa shape index (κ2) is 6.98. The van der Waals surface area contributed by atoms with Crippen molar-refractivity contribution in [3.05, 3.63) is 39.8 Å². The van der Waals surface area contributed by atoms with Crippen LogP contribution in [0, 0.1) is 0 Å². The largest absolute Gasteiger partial charge is 0.497 e. The molecule has 0 saturated carbocycles. The van der Waals surface area contributed by atoms with Gasteiger partial charge in [0.05, 0.1) is 24.6 Å². The summed E-state index contributed by atoms with van der Waals surface area (Å²) in [4.78, 5) is 28.4. The van der Waals surface area contributed by atoms with Crippen LogP contribution < -0.4 is 10.1 Å². The molecule has 1 amide bonds. The zero-order valence-electron chi connectivity index (χ0n) is 12.9. The minimum absolute atomic E-state index is 0.0356. The van der Waals surface area contributed by atoms with Crippen molar-refractivity contribution in [3.63, 3.8) is 0 Å². The molecule has 7 nitrogen and oxygen atoms in total. The minimum atomic E-state index is -1.14. The topological polar surface area (TPSA) is 97.8 Å². The number of hydrogen-bond donors (Lipinski definition) is 2. The van der Waals surface area contributed by atoms with E-state index in [1.54, 1.807) is 6.07 Å². The number of amides is 1. The molecule has 2 aromatic rings. The smallest absolute Gasteiger partial charge is 0.337 e. The summed E-state index contributed by atoms with van der Waals surface area (Å²) in [7, 11) is 1.45. The Hall–Kier alpha value is -2.45. The van der Waals surface area contributed by atoms with E-state index < -0.39 is 11.9 Å². The molecule has 0 spiro atoms. The average molecular weight is 348 g/mol. The van der Waals surface area contributed by atoms with Crippen molar-refractivity contribution in [2.75, 3.05) is 19.0 Å². The fraction of sp³-hybridized carbons (Fsp3) is 0.312. The Labute approximate surface area is 142 Å². The number of ether oxygens (including phenoxy) is 2. The van der Waals surface area contributed by atoms with Gasteiger partial charge in [-0.2, -0.15) is 0 Å². The monoisotopic (exact) mass is 348 g/mol. The number of carbonyl (C=O) groups excluding carboxylic acids is 1. The van der Waals surface area contributed by atoms with Gasteiger partial charge in [-0.1, -0.05) is 0 Å². The maximum atomic E-state index is 12.4. The third-order valence-corrected chi connectivity index (χ3v) is 4.75. The first-order chi connectivity index (χ1) is 11.6. The SMILES string of the molecule is COc1ccc(NC(=O)c2cnc(C3CCCO3)s2)c(C(=O)O)c1. The Morgan fingerprint density at radius 2 is 2.29 bits per heavy atom. The molecule has 0 radical (unpaired) electrons. The number of methoxy groups -OCH3 is 1. The van der Waals surface area contributed by atoms with E-state index in [4.69, 9.17) is 9.47 Å². The number of benzene rings is 1. The normalized spacial score (nSPS) is 16.8. The maximum absolute atomic E-state index is 12.4. The molecule has 1 unspecified atom stereocenters. The summed E-state index contributed by atoms with van der Waals surface area (Å²) in [6.07, 6.45) is 3.32. The van der Waals surface area contributed by atoms with Crippen LogP contribution in [0.3, 0.4) is 0 Å². The predicted molar refractivity (Wildman–Crippen MR) is 87.9 cm³/mol. The number of hydrogen-bond acceptors (Lipinski definition) is 6. The standard InChI is InChI=1S/C16H16N2O5S/c1-22-9-4-5-11(10(7-9)16(20)21)18-14(19)13-8-17-15(24-13)12-3-2-6-23-12/h4-5,7-8,12H,2-3,6H2,1H3,(H,18,19)(H,20,21). The number of thiazole rings is 1. The third kappa shape index (κ3) is 3.39. The molecule has 1 aliphatic rings. The highest BCUT2D eigenvalue weighted by Crippen LogP contribution is 2.31. The first-order valence-electron chi connectivity index (χ1n) is 7.38. The fourth-order valence-corrected chi connectivity index (χ4v) is 3.33. The molecule has 1 aromatic carbocycles. The molecule has 1 saturated heterocycles. The fourth-order valence-electron chi connectivity index (χ4n) is 2.43. The summed E-state index contributed by atoms with van der Waals surface area (Å²) in [6.45, 7) is 0.708. The Kier molecular flexibility index (Phi) is 4.77. The van der Waals surface area contributed by atoms with Gasteiger partial charge in [-0.3, -0.25) is 4.79 Å². The summed E-state index contributed by atoms with van der Waals surface area (Å²) >= 11 is 1.26. The summed E-state index contributed by atoms with van der Waals surface area (Å²) in [5.74, 6) is -1.14. The van der Waals surface area contributed by atoms with Crippen molar-refractivity contribution in [2.45, 2.75) is 18.9 Å². The molecule has 0 aliphatic carbocycles. The van der Waals surface area contributed by atoms with E-state index in [1.165, 1.54) is 36.8 Å². The van der Waals surface area contributed by atoms with Gasteiger partial charge in [-0.05, 0) is 31.0 Å². The zero-order chi connectivity index (χ0) is 17.1. The van der Waals surface area contributed by atoms with E-state index in [0.717, 1.165) is 17.8 Å². The maximum Gasteiger partial charge on any atom is 0.337 e. The molecule has 1 atom stereocenters. The Morgan fingerprint density at radius 1 is 1.46 bits per heavy atom. The van der Waals surface area contributed by atoms with Crippen LogP contribution >= 0.6 is 11.3 Å². The molecule has 8 heteroatoms. The summed E-state index contributed by atoms with van der Waals surface area (Å²) in [5, 5.41) is 12.7. The van der Waals surface area contributed by atoms with Gasteiger partial charge in [0.15, 0.2) is 0 Å². The first-order valence-corrected chi connectivity index (χ1v) is 8.20. The second-order valence-electron chi connectivity index (χ2n) is 5.24. The summed E-state index contributed by atoms with van der Waals surface area (Å²) in [5.41, 5.74) is 0.173. The van der Waals surface area contributed by atoms with Crippen LogP contribution in [0.25, 0.3) is 0 Å². The van der Waals surface area contributed by atoms with E-state index in [2.05, 4.69) is 10.3 Å². The van der Waals surface area contributed by atoms with Crippen molar-refractivity contribution < 1.29 is 24.2 Å². The van der Waals surface area contributed by atoms with E-state index in [9.17, 15) is 14.7 Å². The van der Waals surface area contributed by atoms with E-state index in [1.807, 2.05) is 0 Å². The second-order valence-corrected chi connectivity index (χ2v) is 6.30. The molecule has 1 aromatic heterocycles. The lowest BCUT2D eigenvalue weighted by Crippen LogP contribution is -2.13. The number of aromatic carboxylic acids is 1. The quantitative estimate of drug-likeness (QED) is 0.862. The van der Waals surface area contributed by atoms with Crippen molar-refractivity contribution >= 4 is 28.9 Å². The summed E-state index contributed by atoms with van der Waals surface area (Å²) in [6, 6.07) is 4.46. The van der Waals surface area contributed by atoms with Gasteiger partial charge >= 0.3 is 5.97 Å². The lowest BCUT2D eigenvalue weighted by molar-refractivity contribution is 0.0697. The molecule has 2 heterocycles. The lowest BCUT2D eigenvalue weighted by Gasteiger charge is -2.09. The highest BCUT2D eigenvalue weighted by Gasteiger charge is 2.23. The molecule has 1 fully saturated rings. The van der Waals surface area contributed by atoms with Crippen LogP contribution in [-0.2, 0) is 4.74 Å². The number of nitrogens with one attached hydrogen (secondary N) is 1. The van der Waals surface area contributed by atoms with Crippen LogP contribution in [0.15, 0.2) is 24.4 Å². The highest BCUT2D eigenvalue weighted by atomic mass is 32.1. The highest BCUT2D eigenvalue weighted by molar-refractivity contribution is 7.13. The molecule has 3 rings (SSSR count). The van der Waals surface area contributed by atoms with Crippen LogP contribution in [0.5, 0.6) is 5.75 Å². The predicted octanol–water partition coefficient (Wildman–Crippen LogP) is 2.95. The molecule has 126 valence electrons. The van der Waals surface area contributed by atoms with Crippen LogP contribution in [0.1, 0.15) is 44.0 Å². The van der Waals surface area contributed by atoms with Gasteiger partial charge in [0.2, 0.25) is 0 Å².